The zero-order chi connectivity index (χ0) is 15.8. The third-order valence-electron chi connectivity index (χ3n) is 3.90. The van der Waals surface area contributed by atoms with Crippen molar-refractivity contribution in [3.63, 3.8) is 0 Å². The first-order valence-corrected chi connectivity index (χ1v) is 7.97. The highest BCUT2D eigenvalue weighted by atomic mass is 16.5. The minimum absolute atomic E-state index is 0.0417. The maximum atomic E-state index is 11.8. The topological polar surface area (TPSA) is 73.3 Å². The maximum absolute atomic E-state index is 11.8. The highest BCUT2D eigenvalue weighted by Gasteiger charge is 2.30. The van der Waals surface area contributed by atoms with Gasteiger partial charge in [-0.3, -0.25) is 4.79 Å². The third-order valence-corrected chi connectivity index (χ3v) is 3.90. The lowest BCUT2D eigenvalue weighted by Crippen LogP contribution is -3.14. The van der Waals surface area contributed by atoms with Gasteiger partial charge in [-0.25, -0.2) is 0 Å². The fourth-order valence-electron chi connectivity index (χ4n) is 2.88. The van der Waals surface area contributed by atoms with Gasteiger partial charge in [-0.15, -0.1) is 0 Å². The van der Waals surface area contributed by atoms with Crippen LogP contribution in [-0.2, 0) is 20.9 Å². The summed E-state index contributed by atoms with van der Waals surface area (Å²) in [7, 11) is 0. The molecule has 1 saturated heterocycles. The smallest absolute Gasteiger partial charge is 0.314 e. The first-order valence-electron chi connectivity index (χ1n) is 7.97. The highest BCUT2D eigenvalue weighted by molar-refractivity contribution is 5.72. The molecule has 0 bridgehead atoms. The van der Waals surface area contributed by atoms with Crippen LogP contribution >= 0.6 is 0 Å². The molecule has 2 rings (SSSR count). The molecule has 2 N–H and O–H groups in total. The molecule has 1 aromatic rings. The summed E-state index contributed by atoms with van der Waals surface area (Å²) in [5.41, 5.74) is 0. The Bertz CT molecular complexity index is 434. The van der Waals surface area contributed by atoms with Crippen molar-refractivity contribution < 1.29 is 28.7 Å². The summed E-state index contributed by atoms with van der Waals surface area (Å²) in [4.78, 5) is 13.0. The first-order chi connectivity index (χ1) is 10.7. The molecule has 22 heavy (non-hydrogen) atoms. The fraction of sp³-hybridized carbons (Fsp3) is 0.688. The van der Waals surface area contributed by atoms with Crippen molar-refractivity contribution >= 4 is 5.97 Å². The zero-order valence-electron chi connectivity index (χ0n) is 13.1. The number of aliphatic hydroxyl groups excluding tert-OH is 1. The number of rotatable bonds is 8. The van der Waals surface area contributed by atoms with Gasteiger partial charge in [-0.2, -0.15) is 0 Å². The molecule has 1 aliphatic rings. The number of likely N-dealkylation sites (tertiary alicyclic amines) is 1. The number of esters is 1. The Morgan fingerprint density at radius 3 is 3.18 bits per heavy atom. The average Bonchev–Trinajstić information content (AvgIpc) is 3.01. The number of ether oxygens (including phenoxy) is 2. The number of aliphatic hydroxyl groups is 1. The number of piperidine rings is 1. The van der Waals surface area contributed by atoms with Crippen LogP contribution in [0.15, 0.2) is 22.8 Å². The second-order valence-electron chi connectivity index (χ2n) is 5.75. The average molecular weight is 312 g/mol. The molecule has 3 atom stereocenters. The van der Waals surface area contributed by atoms with E-state index in [0.717, 1.165) is 31.7 Å². The molecule has 0 amide bonds. The monoisotopic (exact) mass is 312 g/mol. The van der Waals surface area contributed by atoms with Crippen LogP contribution in [0.25, 0.3) is 0 Å². The summed E-state index contributed by atoms with van der Waals surface area (Å²) in [5.74, 6) is 0.600. The molecule has 0 spiro atoms. The number of carbonyl (C=O) groups is 1. The molecule has 1 unspecified atom stereocenters. The van der Waals surface area contributed by atoms with Crippen LogP contribution in [0.2, 0.25) is 0 Å². The van der Waals surface area contributed by atoms with Gasteiger partial charge in [0.25, 0.3) is 0 Å². The maximum Gasteiger partial charge on any atom is 0.314 e. The molecule has 6 heteroatoms. The molecule has 2 heterocycles. The Balaban J connectivity index is 1.67. The number of furan rings is 1. The van der Waals surface area contributed by atoms with Crippen LogP contribution in [0.4, 0.5) is 0 Å². The van der Waals surface area contributed by atoms with Crippen LogP contribution in [0.1, 0.15) is 25.5 Å². The lowest BCUT2D eigenvalue weighted by Gasteiger charge is -2.29. The van der Waals surface area contributed by atoms with E-state index in [2.05, 4.69) is 0 Å². The summed E-state index contributed by atoms with van der Waals surface area (Å²) in [6.07, 6.45) is 2.93. The SMILES string of the molecule is CCOC(=O)[C@@H]1CCC[NH+](C[C@H](O)COCc2ccco2)C1. The second-order valence-corrected chi connectivity index (χ2v) is 5.75. The molecule has 0 radical (unpaired) electrons. The van der Waals surface area contributed by atoms with Gasteiger partial charge in [0.15, 0.2) is 0 Å². The minimum Gasteiger partial charge on any atom is -0.467 e. The van der Waals surface area contributed by atoms with E-state index < -0.39 is 6.10 Å². The van der Waals surface area contributed by atoms with Gasteiger partial charge in [0.05, 0.1) is 32.6 Å². The molecule has 1 aromatic heterocycles. The lowest BCUT2D eigenvalue weighted by molar-refractivity contribution is -0.910. The second kappa shape index (κ2) is 8.92. The Kier molecular flexibility index (Phi) is 6.89. The third kappa shape index (κ3) is 5.44. The van der Waals surface area contributed by atoms with Gasteiger partial charge in [0.1, 0.15) is 30.9 Å². The number of hydrogen-bond acceptors (Lipinski definition) is 5. The van der Waals surface area contributed by atoms with E-state index in [1.165, 1.54) is 4.90 Å². The van der Waals surface area contributed by atoms with Crippen LogP contribution in [-0.4, -0.2) is 50.0 Å². The summed E-state index contributed by atoms with van der Waals surface area (Å²) in [5, 5.41) is 10.1. The van der Waals surface area contributed by atoms with E-state index in [4.69, 9.17) is 13.9 Å². The van der Waals surface area contributed by atoms with Crippen molar-refractivity contribution in [1.29, 1.82) is 0 Å². The van der Waals surface area contributed by atoms with Crippen LogP contribution in [0.5, 0.6) is 0 Å². The van der Waals surface area contributed by atoms with Crippen molar-refractivity contribution in [3.8, 4) is 0 Å². The molecule has 0 aliphatic carbocycles. The highest BCUT2D eigenvalue weighted by Crippen LogP contribution is 2.09. The van der Waals surface area contributed by atoms with E-state index in [1.807, 2.05) is 19.1 Å². The molecule has 124 valence electrons. The van der Waals surface area contributed by atoms with E-state index in [0.29, 0.717) is 19.8 Å². The summed E-state index contributed by atoms with van der Waals surface area (Å²) in [6.45, 7) is 5.19. The quantitative estimate of drug-likeness (QED) is 0.662. The number of carbonyl (C=O) groups excluding carboxylic acids is 1. The Hall–Kier alpha value is -1.37. The predicted octanol–water partition coefficient (Wildman–Crippen LogP) is 0.0151. The standard InChI is InChI=1S/C16H25NO5/c1-2-21-16(19)13-5-3-7-17(9-13)10-14(18)11-20-12-15-6-4-8-22-15/h4,6,8,13-14,18H,2-3,5,7,9-12H2,1H3/p+1/t13-,14+/m1/s1. The van der Waals surface area contributed by atoms with Crippen LogP contribution in [0, 0.1) is 5.92 Å². The van der Waals surface area contributed by atoms with Gasteiger partial charge in [-0.1, -0.05) is 0 Å². The van der Waals surface area contributed by atoms with E-state index in [1.54, 1.807) is 6.26 Å². The predicted molar refractivity (Wildman–Crippen MR) is 79.3 cm³/mol. The van der Waals surface area contributed by atoms with Gasteiger partial charge in [-0.05, 0) is 31.9 Å². The Morgan fingerprint density at radius 2 is 2.45 bits per heavy atom. The normalized spacial score (nSPS) is 23.2. The van der Waals surface area contributed by atoms with Crippen molar-refractivity contribution in [2.75, 3.05) is 32.8 Å². The van der Waals surface area contributed by atoms with Gasteiger partial charge in [0.2, 0.25) is 0 Å². The van der Waals surface area contributed by atoms with E-state index in [9.17, 15) is 9.90 Å². The van der Waals surface area contributed by atoms with Gasteiger partial charge >= 0.3 is 5.97 Å². The molecule has 6 nitrogen and oxygen atoms in total. The minimum atomic E-state index is -0.536. The van der Waals surface area contributed by atoms with Crippen LogP contribution < -0.4 is 4.90 Å². The van der Waals surface area contributed by atoms with E-state index in [-0.39, 0.29) is 18.5 Å². The largest absolute Gasteiger partial charge is 0.467 e. The molecule has 1 aliphatic heterocycles. The zero-order valence-corrected chi connectivity index (χ0v) is 13.1. The summed E-state index contributed by atoms with van der Waals surface area (Å²) in [6, 6.07) is 3.65. The molecular weight excluding hydrogens is 286 g/mol. The molecule has 1 fully saturated rings. The van der Waals surface area contributed by atoms with Gasteiger partial charge < -0.3 is 23.9 Å². The van der Waals surface area contributed by atoms with Crippen molar-refractivity contribution in [2.45, 2.75) is 32.5 Å². The number of quaternary nitrogens is 1. The number of nitrogens with one attached hydrogen (secondary N) is 1. The van der Waals surface area contributed by atoms with Crippen molar-refractivity contribution in [2.24, 2.45) is 5.92 Å². The lowest BCUT2D eigenvalue weighted by atomic mass is 9.98. The molecule has 0 saturated carbocycles. The number of hydrogen-bond donors (Lipinski definition) is 2. The van der Waals surface area contributed by atoms with Crippen molar-refractivity contribution in [1.82, 2.24) is 0 Å². The molecule has 0 aromatic carbocycles. The summed E-state index contributed by atoms with van der Waals surface area (Å²) < 4.78 is 15.7. The summed E-state index contributed by atoms with van der Waals surface area (Å²) >= 11 is 0. The fourth-order valence-corrected chi connectivity index (χ4v) is 2.88. The van der Waals surface area contributed by atoms with Gasteiger partial charge in [0, 0.05) is 0 Å². The molecular formula is C16H26NO5+. The Labute approximate surface area is 131 Å². The first kappa shape index (κ1) is 17.0. The van der Waals surface area contributed by atoms with E-state index >= 15 is 0 Å². The Morgan fingerprint density at radius 1 is 1.59 bits per heavy atom. The van der Waals surface area contributed by atoms with Crippen LogP contribution in [0.3, 0.4) is 0 Å². The van der Waals surface area contributed by atoms with Crippen molar-refractivity contribution in [3.05, 3.63) is 24.2 Å².